The third-order valence-corrected chi connectivity index (χ3v) is 5.13. The molecule has 3 aromatic rings. The highest BCUT2D eigenvalue weighted by Crippen LogP contribution is 2.44. The first kappa shape index (κ1) is 20.5. The van der Waals surface area contributed by atoms with Gasteiger partial charge < -0.3 is 21.1 Å². The first-order valence-corrected chi connectivity index (χ1v) is 10.3. The lowest BCUT2D eigenvalue weighted by atomic mass is 9.98. The molecular weight excluding hydrogens is 406 g/mol. The predicted molar refractivity (Wildman–Crippen MR) is 127 cm³/mol. The number of fused-ring (bicyclic) bond motifs is 3. The van der Waals surface area contributed by atoms with Gasteiger partial charge in [0.1, 0.15) is 6.61 Å². The number of hydrogen-bond acceptors (Lipinski definition) is 3. The number of thiocarbonyl (C=S) groups is 1. The van der Waals surface area contributed by atoms with Crippen molar-refractivity contribution < 1.29 is 9.53 Å². The van der Waals surface area contributed by atoms with Gasteiger partial charge in [0.15, 0.2) is 5.11 Å². The molecule has 1 aliphatic rings. The first-order valence-electron chi connectivity index (χ1n) is 9.86. The van der Waals surface area contributed by atoms with Crippen LogP contribution in [-0.2, 0) is 4.74 Å². The van der Waals surface area contributed by atoms with Crippen LogP contribution in [0.2, 0.25) is 0 Å². The number of amides is 1. The molecule has 5 nitrogen and oxygen atoms in total. The standard InChI is InChI=1S/C25H21N3O2S/c26-24(31)28-18-9-5-7-17(15-18)8-6-14-27-25(29)30-16-23-21-12-3-1-10-19(21)20-11-2-4-13-22(20)23/h1-5,7,9-13,15,23H,14,16H2,(H,27,29)(H3,26,28,31). The third-order valence-electron chi connectivity index (χ3n) is 5.03. The van der Waals surface area contributed by atoms with E-state index >= 15 is 0 Å². The van der Waals surface area contributed by atoms with Gasteiger partial charge in [0, 0.05) is 17.2 Å². The second-order valence-corrected chi connectivity index (χ2v) is 7.49. The normalized spacial score (nSPS) is 11.5. The molecule has 31 heavy (non-hydrogen) atoms. The van der Waals surface area contributed by atoms with Crippen molar-refractivity contribution in [3.8, 4) is 23.0 Å². The summed E-state index contributed by atoms with van der Waals surface area (Å²) in [5, 5.41) is 5.74. The van der Waals surface area contributed by atoms with E-state index < -0.39 is 6.09 Å². The summed E-state index contributed by atoms with van der Waals surface area (Å²) in [5.41, 5.74) is 11.8. The number of rotatable bonds is 4. The fourth-order valence-corrected chi connectivity index (χ4v) is 3.85. The van der Waals surface area contributed by atoms with E-state index in [1.54, 1.807) is 0 Å². The molecule has 0 unspecified atom stereocenters. The van der Waals surface area contributed by atoms with E-state index in [-0.39, 0.29) is 24.2 Å². The molecule has 4 N–H and O–H groups in total. The van der Waals surface area contributed by atoms with Gasteiger partial charge in [-0.05, 0) is 52.7 Å². The fraction of sp³-hybridized carbons (Fsp3) is 0.120. The predicted octanol–water partition coefficient (Wildman–Crippen LogP) is 4.23. The molecule has 0 spiro atoms. The van der Waals surface area contributed by atoms with Crippen LogP contribution in [-0.4, -0.2) is 24.4 Å². The summed E-state index contributed by atoms with van der Waals surface area (Å²) in [6.45, 7) is 0.462. The number of ether oxygens (including phenoxy) is 1. The number of carbonyl (C=O) groups is 1. The van der Waals surface area contributed by atoms with E-state index in [1.165, 1.54) is 22.3 Å². The van der Waals surface area contributed by atoms with Crippen molar-refractivity contribution in [1.82, 2.24) is 5.32 Å². The summed E-state index contributed by atoms with van der Waals surface area (Å²) in [5.74, 6) is 5.95. The molecule has 0 heterocycles. The SMILES string of the molecule is NC(=S)Nc1cccc(C#CCNC(=O)OCC2c3ccccc3-c3ccccc32)c1. The Balaban J connectivity index is 1.32. The Labute approximate surface area is 186 Å². The Bertz CT molecular complexity index is 1150. The maximum absolute atomic E-state index is 12.2. The molecule has 0 saturated heterocycles. The maximum atomic E-state index is 12.2. The topological polar surface area (TPSA) is 76.4 Å². The number of alkyl carbamates (subject to hydrolysis) is 1. The van der Waals surface area contributed by atoms with Crippen LogP contribution in [0.3, 0.4) is 0 Å². The van der Waals surface area contributed by atoms with Gasteiger partial charge in [-0.2, -0.15) is 0 Å². The van der Waals surface area contributed by atoms with Crippen LogP contribution in [0.25, 0.3) is 11.1 Å². The van der Waals surface area contributed by atoms with Gasteiger partial charge in [-0.1, -0.05) is 66.4 Å². The summed E-state index contributed by atoms with van der Waals surface area (Å²) in [6, 6.07) is 23.9. The molecule has 0 radical (unpaired) electrons. The molecule has 0 aliphatic heterocycles. The van der Waals surface area contributed by atoms with Gasteiger partial charge in [-0.3, -0.25) is 0 Å². The zero-order valence-electron chi connectivity index (χ0n) is 16.7. The van der Waals surface area contributed by atoms with E-state index in [2.05, 4.69) is 46.7 Å². The van der Waals surface area contributed by atoms with Crippen LogP contribution in [0.15, 0.2) is 72.8 Å². The largest absolute Gasteiger partial charge is 0.449 e. The van der Waals surface area contributed by atoms with Crippen LogP contribution >= 0.6 is 12.2 Å². The highest BCUT2D eigenvalue weighted by molar-refractivity contribution is 7.80. The summed E-state index contributed by atoms with van der Waals surface area (Å²) in [6.07, 6.45) is -0.486. The Morgan fingerprint density at radius 1 is 1.00 bits per heavy atom. The maximum Gasteiger partial charge on any atom is 0.407 e. The molecule has 0 bridgehead atoms. The van der Waals surface area contributed by atoms with Crippen LogP contribution < -0.4 is 16.4 Å². The van der Waals surface area contributed by atoms with Crippen molar-refractivity contribution >= 4 is 29.1 Å². The van der Waals surface area contributed by atoms with Crippen molar-refractivity contribution in [2.75, 3.05) is 18.5 Å². The third kappa shape index (κ3) is 4.85. The Morgan fingerprint density at radius 2 is 1.68 bits per heavy atom. The number of benzene rings is 3. The minimum atomic E-state index is -0.486. The molecule has 0 fully saturated rings. The van der Waals surface area contributed by atoms with Crippen LogP contribution in [0.4, 0.5) is 10.5 Å². The van der Waals surface area contributed by atoms with Gasteiger partial charge in [-0.25, -0.2) is 4.79 Å². The lowest BCUT2D eigenvalue weighted by Gasteiger charge is -2.14. The van der Waals surface area contributed by atoms with Gasteiger partial charge in [0.25, 0.3) is 0 Å². The molecule has 3 aromatic carbocycles. The molecule has 6 heteroatoms. The minimum absolute atomic E-state index is 0.0353. The number of nitrogens with two attached hydrogens (primary N) is 1. The Morgan fingerprint density at radius 3 is 2.35 bits per heavy atom. The number of nitrogens with one attached hydrogen (secondary N) is 2. The molecule has 4 rings (SSSR count). The number of carbonyl (C=O) groups excluding carboxylic acids is 1. The van der Waals surface area contributed by atoms with Crippen molar-refractivity contribution in [3.05, 3.63) is 89.5 Å². The molecule has 0 aromatic heterocycles. The van der Waals surface area contributed by atoms with E-state index in [0.717, 1.165) is 11.3 Å². The van der Waals surface area contributed by atoms with Crippen molar-refractivity contribution in [2.45, 2.75) is 5.92 Å². The van der Waals surface area contributed by atoms with Gasteiger partial charge >= 0.3 is 6.09 Å². The van der Waals surface area contributed by atoms with E-state index in [9.17, 15) is 4.79 Å². The summed E-state index contributed by atoms with van der Waals surface area (Å²) in [7, 11) is 0. The summed E-state index contributed by atoms with van der Waals surface area (Å²) in [4.78, 5) is 12.2. The highest BCUT2D eigenvalue weighted by Gasteiger charge is 2.28. The molecular formula is C25H21N3O2S. The van der Waals surface area contributed by atoms with Crippen LogP contribution in [0, 0.1) is 11.8 Å². The van der Waals surface area contributed by atoms with Crippen molar-refractivity contribution in [3.63, 3.8) is 0 Å². The van der Waals surface area contributed by atoms with Gasteiger partial charge in [0.05, 0.1) is 6.54 Å². The summed E-state index contributed by atoms with van der Waals surface area (Å²) < 4.78 is 5.50. The average Bonchev–Trinajstić information content (AvgIpc) is 3.09. The number of hydrogen-bond donors (Lipinski definition) is 3. The number of anilines is 1. The second-order valence-electron chi connectivity index (χ2n) is 7.05. The zero-order valence-corrected chi connectivity index (χ0v) is 17.5. The molecule has 1 amide bonds. The summed E-state index contributed by atoms with van der Waals surface area (Å²) >= 11 is 4.83. The Kier molecular flexibility index (Phi) is 6.16. The molecule has 154 valence electrons. The average molecular weight is 428 g/mol. The first-order chi connectivity index (χ1) is 15.1. The lowest BCUT2D eigenvalue weighted by molar-refractivity contribution is 0.144. The minimum Gasteiger partial charge on any atom is -0.449 e. The molecule has 1 aliphatic carbocycles. The van der Waals surface area contributed by atoms with E-state index in [0.29, 0.717) is 0 Å². The zero-order chi connectivity index (χ0) is 21.6. The fourth-order valence-electron chi connectivity index (χ4n) is 3.73. The van der Waals surface area contributed by atoms with Gasteiger partial charge in [0.2, 0.25) is 0 Å². The van der Waals surface area contributed by atoms with Crippen LogP contribution in [0.5, 0.6) is 0 Å². The van der Waals surface area contributed by atoms with Crippen molar-refractivity contribution in [2.24, 2.45) is 5.73 Å². The van der Waals surface area contributed by atoms with E-state index in [4.69, 9.17) is 22.7 Å². The quantitative estimate of drug-likeness (QED) is 0.429. The highest BCUT2D eigenvalue weighted by atomic mass is 32.1. The van der Waals surface area contributed by atoms with Crippen LogP contribution in [0.1, 0.15) is 22.6 Å². The smallest absolute Gasteiger partial charge is 0.407 e. The second kappa shape index (κ2) is 9.33. The Hall–Kier alpha value is -3.82. The molecule has 0 atom stereocenters. The van der Waals surface area contributed by atoms with E-state index in [1.807, 2.05) is 48.5 Å². The lowest BCUT2D eigenvalue weighted by Crippen LogP contribution is -2.26. The monoisotopic (exact) mass is 427 g/mol. The van der Waals surface area contributed by atoms with Gasteiger partial charge in [-0.15, -0.1) is 0 Å². The molecule has 0 saturated carbocycles. The van der Waals surface area contributed by atoms with Crippen molar-refractivity contribution in [1.29, 1.82) is 0 Å².